The van der Waals surface area contributed by atoms with Crippen molar-refractivity contribution < 1.29 is 14.6 Å². The van der Waals surface area contributed by atoms with E-state index in [-0.39, 0.29) is 22.6 Å². The number of amides is 1. The molecule has 5 heteroatoms. The smallest absolute Gasteiger partial charge is 0.255 e. The molecule has 0 heterocycles. The summed E-state index contributed by atoms with van der Waals surface area (Å²) in [5.74, 6) is 0.623. The molecule has 19 heavy (non-hydrogen) atoms. The molecule has 1 aromatic carbocycles. The fourth-order valence-electron chi connectivity index (χ4n) is 2.36. The maximum atomic E-state index is 12.0. The average molecular weight is 284 g/mol. The number of phenols is 1. The zero-order valence-electron chi connectivity index (χ0n) is 10.9. The number of alkyl halides is 1. The van der Waals surface area contributed by atoms with E-state index in [1.54, 1.807) is 12.1 Å². The van der Waals surface area contributed by atoms with E-state index in [0.717, 1.165) is 19.3 Å². The van der Waals surface area contributed by atoms with Crippen molar-refractivity contribution in [3.63, 3.8) is 0 Å². The number of hydrogen-bond donors (Lipinski definition) is 2. The number of methoxy groups -OCH3 is 1. The Balaban J connectivity index is 1.92. The molecule has 2 rings (SSSR count). The number of carbonyl (C=O) groups excluding carboxylic acids is 1. The number of nitrogens with one attached hydrogen (secondary N) is 1. The van der Waals surface area contributed by atoms with Gasteiger partial charge < -0.3 is 15.2 Å². The molecule has 2 N–H and O–H groups in total. The monoisotopic (exact) mass is 283 g/mol. The van der Waals surface area contributed by atoms with Crippen LogP contribution in [0.3, 0.4) is 0 Å². The predicted molar refractivity (Wildman–Crippen MR) is 74.0 cm³/mol. The second kappa shape index (κ2) is 6.15. The molecule has 104 valence electrons. The van der Waals surface area contributed by atoms with Gasteiger partial charge in [0.05, 0.1) is 12.7 Å². The first-order chi connectivity index (χ1) is 9.10. The van der Waals surface area contributed by atoms with Gasteiger partial charge in [-0.1, -0.05) is 0 Å². The minimum absolute atomic E-state index is 0.0708. The average Bonchev–Trinajstić information content (AvgIpc) is 2.81. The normalized spacial score (nSPS) is 22.2. The van der Waals surface area contributed by atoms with Crippen LogP contribution in [-0.2, 0) is 0 Å². The molecular weight excluding hydrogens is 266 g/mol. The van der Waals surface area contributed by atoms with E-state index in [2.05, 4.69) is 5.32 Å². The summed E-state index contributed by atoms with van der Waals surface area (Å²) < 4.78 is 4.98. The zero-order chi connectivity index (χ0) is 13.8. The molecular formula is C14H18ClNO3. The van der Waals surface area contributed by atoms with E-state index in [0.29, 0.717) is 18.2 Å². The second-order valence-corrected chi connectivity index (χ2v) is 5.49. The van der Waals surface area contributed by atoms with E-state index in [1.807, 2.05) is 0 Å². The maximum absolute atomic E-state index is 12.0. The number of hydrogen-bond acceptors (Lipinski definition) is 3. The van der Waals surface area contributed by atoms with E-state index >= 15 is 0 Å². The van der Waals surface area contributed by atoms with Gasteiger partial charge in [0.2, 0.25) is 0 Å². The third-order valence-corrected chi connectivity index (χ3v) is 3.87. The Labute approximate surface area is 117 Å². The number of ether oxygens (including phenoxy) is 1. The van der Waals surface area contributed by atoms with Crippen LogP contribution in [0.5, 0.6) is 11.5 Å². The Hall–Kier alpha value is -1.42. The molecule has 2 atom stereocenters. The van der Waals surface area contributed by atoms with Gasteiger partial charge in [0.1, 0.15) is 11.5 Å². The first kappa shape index (κ1) is 14.0. The molecule has 1 fully saturated rings. The van der Waals surface area contributed by atoms with Gasteiger partial charge in [-0.05, 0) is 37.3 Å². The number of benzene rings is 1. The van der Waals surface area contributed by atoms with Crippen molar-refractivity contribution in [1.82, 2.24) is 5.32 Å². The van der Waals surface area contributed by atoms with Crippen molar-refractivity contribution in [1.29, 1.82) is 0 Å². The summed E-state index contributed by atoms with van der Waals surface area (Å²) in [6.45, 7) is 0.605. The third-order valence-electron chi connectivity index (χ3n) is 3.48. The molecule has 0 spiro atoms. The quantitative estimate of drug-likeness (QED) is 0.835. The third kappa shape index (κ3) is 3.53. The van der Waals surface area contributed by atoms with Crippen LogP contribution in [0.25, 0.3) is 0 Å². The molecule has 2 unspecified atom stereocenters. The second-order valence-electron chi connectivity index (χ2n) is 4.87. The summed E-state index contributed by atoms with van der Waals surface area (Å²) in [5.41, 5.74) is 0.265. The number of phenolic OH excluding ortho intramolecular Hbond substituents is 1. The van der Waals surface area contributed by atoms with Crippen LogP contribution in [-0.4, -0.2) is 30.0 Å². The van der Waals surface area contributed by atoms with Crippen LogP contribution < -0.4 is 10.1 Å². The molecule has 1 saturated carbocycles. The fourth-order valence-corrected chi connectivity index (χ4v) is 2.74. The lowest BCUT2D eigenvalue weighted by Crippen LogP contribution is -2.28. The minimum Gasteiger partial charge on any atom is -0.507 e. The zero-order valence-corrected chi connectivity index (χ0v) is 11.6. The van der Waals surface area contributed by atoms with Crippen LogP contribution in [0.2, 0.25) is 0 Å². The highest BCUT2D eigenvalue weighted by Gasteiger charge is 2.23. The van der Waals surface area contributed by atoms with Gasteiger partial charge in [-0.25, -0.2) is 0 Å². The Kier molecular flexibility index (Phi) is 4.53. The summed E-state index contributed by atoms with van der Waals surface area (Å²) in [4.78, 5) is 12.0. The van der Waals surface area contributed by atoms with E-state index < -0.39 is 0 Å². The topological polar surface area (TPSA) is 58.6 Å². The van der Waals surface area contributed by atoms with Gasteiger partial charge in [-0.15, -0.1) is 11.6 Å². The lowest BCUT2D eigenvalue weighted by molar-refractivity contribution is 0.0944. The summed E-state index contributed by atoms with van der Waals surface area (Å²) >= 11 is 6.03. The molecule has 1 aromatic rings. The van der Waals surface area contributed by atoms with E-state index in [9.17, 15) is 9.90 Å². The summed E-state index contributed by atoms with van der Waals surface area (Å²) in [7, 11) is 1.51. The highest BCUT2D eigenvalue weighted by atomic mass is 35.5. The standard InChI is InChI=1S/C14H18ClNO3/c1-19-11-4-5-12(13(17)7-11)14(18)16-8-9-2-3-10(15)6-9/h4-5,7,9-10,17H,2-3,6,8H2,1H3,(H,16,18). The molecule has 0 saturated heterocycles. The van der Waals surface area contributed by atoms with Crippen molar-refractivity contribution in [2.75, 3.05) is 13.7 Å². The molecule has 0 bridgehead atoms. The summed E-state index contributed by atoms with van der Waals surface area (Å²) in [5, 5.41) is 12.8. The largest absolute Gasteiger partial charge is 0.507 e. The van der Waals surface area contributed by atoms with Crippen molar-refractivity contribution in [2.24, 2.45) is 5.92 Å². The van der Waals surface area contributed by atoms with Gasteiger partial charge in [0.25, 0.3) is 5.91 Å². The lowest BCUT2D eigenvalue weighted by atomic mass is 10.1. The van der Waals surface area contributed by atoms with Gasteiger partial charge in [-0.3, -0.25) is 4.79 Å². The van der Waals surface area contributed by atoms with Crippen molar-refractivity contribution >= 4 is 17.5 Å². The predicted octanol–water partition coefficient (Wildman–Crippen LogP) is 2.54. The van der Waals surface area contributed by atoms with E-state index in [4.69, 9.17) is 16.3 Å². The first-order valence-corrected chi connectivity index (χ1v) is 6.83. The summed E-state index contributed by atoms with van der Waals surface area (Å²) in [6, 6.07) is 4.64. The number of rotatable bonds is 4. The van der Waals surface area contributed by atoms with E-state index in [1.165, 1.54) is 13.2 Å². The van der Waals surface area contributed by atoms with Crippen molar-refractivity contribution in [3.8, 4) is 11.5 Å². The maximum Gasteiger partial charge on any atom is 0.255 e. The van der Waals surface area contributed by atoms with Crippen LogP contribution in [0.1, 0.15) is 29.6 Å². The highest BCUT2D eigenvalue weighted by Crippen LogP contribution is 2.29. The lowest BCUT2D eigenvalue weighted by Gasteiger charge is -2.12. The van der Waals surface area contributed by atoms with Gasteiger partial charge >= 0.3 is 0 Å². The Morgan fingerprint density at radius 1 is 1.53 bits per heavy atom. The van der Waals surface area contributed by atoms with Gasteiger partial charge in [0, 0.05) is 18.0 Å². The summed E-state index contributed by atoms with van der Waals surface area (Å²) in [6.07, 6.45) is 3.00. The van der Waals surface area contributed by atoms with Crippen LogP contribution in [0, 0.1) is 5.92 Å². The molecule has 4 nitrogen and oxygen atoms in total. The number of halogens is 1. The van der Waals surface area contributed by atoms with Crippen LogP contribution in [0.15, 0.2) is 18.2 Å². The van der Waals surface area contributed by atoms with Gasteiger partial charge in [-0.2, -0.15) is 0 Å². The highest BCUT2D eigenvalue weighted by molar-refractivity contribution is 6.20. The molecule has 1 aliphatic carbocycles. The number of carbonyl (C=O) groups is 1. The Morgan fingerprint density at radius 2 is 2.32 bits per heavy atom. The molecule has 1 amide bonds. The van der Waals surface area contributed by atoms with Crippen LogP contribution >= 0.6 is 11.6 Å². The molecule has 0 aromatic heterocycles. The Morgan fingerprint density at radius 3 is 2.89 bits per heavy atom. The fraction of sp³-hybridized carbons (Fsp3) is 0.500. The molecule has 1 aliphatic rings. The van der Waals surface area contributed by atoms with Gasteiger partial charge in [0.15, 0.2) is 0 Å². The molecule has 0 radical (unpaired) electrons. The van der Waals surface area contributed by atoms with Crippen LogP contribution in [0.4, 0.5) is 0 Å². The Bertz CT molecular complexity index is 464. The SMILES string of the molecule is COc1ccc(C(=O)NCC2CCC(Cl)C2)c(O)c1. The number of aromatic hydroxyl groups is 1. The first-order valence-electron chi connectivity index (χ1n) is 6.39. The van der Waals surface area contributed by atoms with Crippen molar-refractivity contribution in [2.45, 2.75) is 24.6 Å². The van der Waals surface area contributed by atoms with Crippen molar-refractivity contribution in [3.05, 3.63) is 23.8 Å². The molecule has 0 aliphatic heterocycles. The minimum atomic E-state index is -0.266.